The normalized spacial score (nSPS) is 14.7. The first-order valence-electron chi connectivity index (χ1n) is 3.90. The zero-order chi connectivity index (χ0) is 10.7. The molecule has 0 radical (unpaired) electrons. The van der Waals surface area contributed by atoms with Crippen molar-refractivity contribution in [1.29, 1.82) is 0 Å². The zero-order valence-corrected chi connectivity index (χ0v) is 7.16. The lowest BCUT2D eigenvalue weighted by molar-refractivity contribution is -0.153. The molecule has 2 atom stereocenters. The molecule has 0 aliphatic carbocycles. The van der Waals surface area contributed by atoms with Gasteiger partial charge in [-0.2, -0.15) is 0 Å². The van der Waals surface area contributed by atoms with Gasteiger partial charge in [-0.3, -0.25) is 0 Å². The molecule has 0 spiro atoms. The summed E-state index contributed by atoms with van der Waals surface area (Å²) in [6.45, 7) is 0. The first-order chi connectivity index (χ1) is 6.52. The molecule has 2 unspecified atom stereocenters. The molecule has 0 bridgehead atoms. The minimum atomic E-state index is -1.89. The molecule has 76 valence electrons. The predicted octanol–water partition coefficient (Wildman–Crippen LogP) is -0.129. The molecule has 0 heterocycles. The van der Waals surface area contributed by atoms with E-state index in [1.54, 1.807) is 0 Å². The molecule has 5 heteroatoms. The van der Waals surface area contributed by atoms with E-state index >= 15 is 0 Å². The van der Waals surface area contributed by atoms with Gasteiger partial charge in [0.25, 0.3) is 0 Å². The summed E-state index contributed by atoms with van der Waals surface area (Å²) in [5.74, 6) is -1.61. The lowest BCUT2D eigenvalue weighted by atomic mass is 10.0. The van der Waals surface area contributed by atoms with Gasteiger partial charge in [0, 0.05) is 0 Å². The van der Waals surface area contributed by atoms with E-state index in [0.29, 0.717) is 0 Å². The van der Waals surface area contributed by atoms with Crippen LogP contribution in [0.2, 0.25) is 0 Å². The van der Waals surface area contributed by atoms with Crippen LogP contribution in [0.5, 0.6) is 5.75 Å². The summed E-state index contributed by atoms with van der Waals surface area (Å²) in [7, 11) is 0. The highest BCUT2D eigenvalue weighted by Gasteiger charge is 2.24. The molecule has 1 aromatic carbocycles. The summed E-state index contributed by atoms with van der Waals surface area (Å²) >= 11 is 0. The van der Waals surface area contributed by atoms with Gasteiger partial charge in [-0.15, -0.1) is 0 Å². The Balaban J connectivity index is 2.89. The van der Waals surface area contributed by atoms with Crippen molar-refractivity contribution in [2.24, 2.45) is 0 Å². The maximum Gasteiger partial charge on any atom is 0.335 e. The molecule has 4 N–H and O–H groups in total. The van der Waals surface area contributed by atoms with E-state index in [-0.39, 0.29) is 11.3 Å². The second-order valence-corrected chi connectivity index (χ2v) is 2.82. The van der Waals surface area contributed by atoms with Gasteiger partial charge in [-0.1, -0.05) is 12.1 Å². The molecule has 5 nitrogen and oxygen atoms in total. The minimum absolute atomic E-state index is 0.0980. The Morgan fingerprint density at radius 2 is 1.93 bits per heavy atom. The number of hydrogen-bond donors (Lipinski definition) is 4. The third kappa shape index (κ3) is 2.21. The molecule has 1 rings (SSSR count). The van der Waals surface area contributed by atoms with Crippen LogP contribution in [0.1, 0.15) is 11.7 Å². The Morgan fingerprint density at radius 1 is 1.29 bits per heavy atom. The molecule has 0 aromatic heterocycles. The summed E-state index contributed by atoms with van der Waals surface area (Å²) in [6, 6.07) is 5.43. The lowest BCUT2D eigenvalue weighted by Gasteiger charge is -2.14. The number of benzene rings is 1. The summed E-state index contributed by atoms with van der Waals surface area (Å²) in [6.07, 6.45) is -3.43. The van der Waals surface area contributed by atoms with Crippen molar-refractivity contribution in [3.8, 4) is 5.75 Å². The number of phenolic OH excluding ortho intramolecular Hbond substituents is 1. The predicted molar refractivity (Wildman–Crippen MR) is 46.7 cm³/mol. The van der Waals surface area contributed by atoms with Gasteiger partial charge in [0.05, 0.1) is 0 Å². The number of rotatable bonds is 3. The van der Waals surface area contributed by atoms with Crippen LogP contribution >= 0.6 is 0 Å². The van der Waals surface area contributed by atoms with E-state index in [4.69, 9.17) is 15.3 Å². The van der Waals surface area contributed by atoms with Crippen LogP contribution in [0, 0.1) is 0 Å². The molecular weight excluding hydrogens is 188 g/mol. The molecule has 0 saturated carbocycles. The number of phenols is 1. The fourth-order valence-electron chi connectivity index (χ4n) is 1.03. The number of carboxylic acids is 1. The van der Waals surface area contributed by atoms with Crippen LogP contribution in [-0.2, 0) is 4.79 Å². The molecule has 0 fully saturated rings. The van der Waals surface area contributed by atoms with Crippen molar-refractivity contribution in [2.45, 2.75) is 12.2 Å². The number of carbonyl (C=O) groups is 1. The molecule has 1 aromatic rings. The monoisotopic (exact) mass is 198 g/mol. The number of aliphatic carboxylic acids is 1. The first-order valence-corrected chi connectivity index (χ1v) is 3.90. The minimum Gasteiger partial charge on any atom is -0.508 e. The molecule has 0 amide bonds. The van der Waals surface area contributed by atoms with E-state index < -0.39 is 18.2 Å². The number of aliphatic hydroxyl groups is 2. The van der Waals surface area contributed by atoms with Crippen molar-refractivity contribution in [1.82, 2.24) is 0 Å². The lowest BCUT2D eigenvalue weighted by Crippen LogP contribution is -2.27. The summed E-state index contributed by atoms with van der Waals surface area (Å²) in [5, 5.41) is 35.8. The van der Waals surface area contributed by atoms with Crippen LogP contribution in [0.4, 0.5) is 0 Å². The van der Waals surface area contributed by atoms with Crippen molar-refractivity contribution >= 4 is 5.97 Å². The van der Waals surface area contributed by atoms with Gasteiger partial charge in [-0.25, -0.2) is 4.79 Å². The van der Waals surface area contributed by atoms with E-state index in [2.05, 4.69) is 0 Å². The maximum absolute atomic E-state index is 10.3. The summed E-state index contributed by atoms with van der Waals surface area (Å²) < 4.78 is 0. The van der Waals surface area contributed by atoms with Gasteiger partial charge in [0.1, 0.15) is 11.9 Å². The quantitative estimate of drug-likeness (QED) is 0.542. The largest absolute Gasteiger partial charge is 0.508 e. The Hall–Kier alpha value is -1.59. The Labute approximate surface area is 79.9 Å². The smallest absolute Gasteiger partial charge is 0.335 e. The number of aromatic hydroxyl groups is 1. The summed E-state index contributed by atoms with van der Waals surface area (Å²) in [4.78, 5) is 10.3. The van der Waals surface area contributed by atoms with Crippen LogP contribution in [0.25, 0.3) is 0 Å². The van der Waals surface area contributed by atoms with Crippen molar-refractivity contribution < 1.29 is 25.2 Å². The van der Waals surface area contributed by atoms with E-state index in [1.165, 1.54) is 24.3 Å². The fourth-order valence-corrected chi connectivity index (χ4v) is 1.03. The van der Waals surface area contributed by atoms with Gasteiger partial charge >= 0.3 is 5.97 Å². The highest BCUT2D eigenvalue weighted by atomic mass is 16.4. The molecule has 0 saturated heterocycles. The fraction of sp³-hybridized carbons (Fsp3) is 0.222. The standard InChI is InChI=1S/C9H10O5/c10-6-3-1-2-5(4-6)7(11)8(12)9(13)14/h1-4,7-8,10-12H,(H,13,14). The highest BCUT2D eigenvalue weighted by molar-refractivity contribution is 5.73. The van der Waals surface area contributed by atoms with Crippen molar-refractivity contribution in [3.05, 3.63) is 29.8 Å². The number of aliphatic hydroxyl groups excluding tert-OH is 2. The zero-order valence-electron chi connectivity index (χ0n) is 7.16. The molecule has 0 aliphatic rings. The van der Waals surface area contributed by atoms with E-state index in [1.807, 2.05) is 0 Å². The average Bonchev–Trinajstić information content (AvgIpc) is 2.15. The second kappa shape index (κ2) is 4.08. The Bertz CT molecular complexity index is 336. The SMILES string of the molecule is O=C(O)C(O)C(O)c1cccc(O)c1. The second-order valence-electron chi connectivity index (χ2n) is 2.82. The summed E-state index contributed by atoms with van der Waals surface area (Å²) in [5.41, 5.74) is 0.153. The van der Waals surface area contributed by atoms with Crippen LogP contribution in [0.15, 0.2) is 24.3 Å². The Morgan fingerprint density at radius 3 is 2.43 bits per heavy atom. The van der Waals surface area contributed by atoms with E-state index in [0.717, 1.165) is 0 Å². The average molecular weight is 198 g/mol. The third-order valence-corrected chi connectivity index (χ3v) is 1.76. The number of carboxylic acid groups (broad SMARTS) is 1. The van der Waals surface area contributed by atoms with Crippen LogP contribution in [-0.4, -0.2) is 32.5 Å². The van der Waals surface area contributed by atoms with Crippen molar-refractivity contribution in [3.63, 3.8) is 0 Å². The van der Waals surface area contributed by atoms with Gasteiger partial charge < -0.3 is 20.4 Å². The third-order valence-electron chi connectivity index (χ3n) is 1.76. The topological polar surface area (TPSA) is 98.0 Å². The maximum atomic E-state index is 10.3. The van der Waals surface area contributed by atoms with Crippen LogP contribution < -0.4 is 0 Å². The Kier molecular flexibility index (Phi) is 3.06. The number of hydrogen-bond acceptors (Lipinski definition) is 4. The highest BCUT2D eigenvalue weighted by Crippen LogP contribution is 2.20. The van der Waals surface area contributed by atoms with Crippen LogP contribution in [0.3, 0.4) is 0 Å². The first kappa shape index (κ1) is 10.5. The van der Waals surface area contributed by atoms with Gasteiger partial charge in [-0.05, 0) is 17.7 Å². The van der Waals surface area contributed by atoms with Gasteiger partial charge in [0.2, 0.25) is 0 Å². The molecule has 0 aliphatic heterocycles. The van der Waals surface area contributed by atoms with Crippen molar-refractivity contribution in [2.75, 3.05) is 0 Å². The molecule has 14 heavy (non-hydrogen) atoms. The van der Waals surface area contributed by atoms with E-state index in [9.17, 15) is 9.90 Å². The molecular formula is C9H10O5. The van der Waals surface area contributed by atoms with Gasteiger partial charge in [0.15, 0.2) is 6.10 Å².